The summed E-state index contributed by atoms with van der Waals surface area (Å²) in [5.74, 6) is -0.503. The van der Waals surface area contributed by atoms with E-state index < -0.39 is 11.8 Å². The van der Waals surface area contributed by atoms with Crippen molar-refractivity contribution in [3.8, 4) is 0 Å². The van der Waals surface area contributed by atoms with Crippen LogP contribution in [0, 0.1) is 0 Å². The highest BCUT2D eigenvalue weighted by atomic mass is 16.2. The van der Waals surface area contributed by atoms with Gasteiger partial charge in [-0.3, -0.25) is 9.59 Å². The Morgan fingerprint density at radius 3 is 2.67 bits per heavy atom. The van der Waals surface area contributed by atoms with E-state index in [1.165, 1.54) is 0 Å². The fraction of sp³-hybridized carbons (Fsp3) is 0.667. The van der Waals surface area contributed by atoms with Crippen molar-refractivity contribution in [3.05, 3.63) is 0 Å². The van der Waals surface area contributed by atoms with Gasteiger partial charge in [-0.05, 0) is 6.42 Å². The summed E-state index contributed by atoms with van der Waals surface area (Å²) in [4.78, 5) is 20.2. The summed E-state index contributed by atoms with van der Waals surface area (Å²) < 4.78 is 0. The van der Waals surface area contributed by atoms with Crippen LogP contribution in [0.1, 0.15) is 19.8 Å². The zero-order chi connectivity index (χ0) is 7.28. The van der Waals surface area contributed by atoms with Crippen LogP contribution in [0.5, 0.6) is 0 Å². The molecule has 3 heteroatoms. The molecule has 0 aliphatic carbocycles. The summed E-state index contributed by atoms with van der Waals surface area (Å²) in [6.07, 6.45) is 1.71. The van der Waals surface area contributed by atoms with Gasteiger partial charge in [0.15, 0.2) is 6.29 Å². The van der Waals surface area contributed by atoms with E-state index in [1.54, 1.807) is 0 Å². The van der Waals surface area contributed by atoms with Gasteiger partial charge in [0.05, 0.1) is 6.04 Å². The molecule has 0 aliphatic heterocycles. The molecule has 3 nitrogen and oxygen atoms in total. The fourth-order valence-electron chi connectivity index (χ4n) is 0.541. The highest BCUT2D eigenvalue weighted by molar-refractivity contribution is 6.27. The summed E-state index contributed by atoms with van der Waals surface area (Å²) in [5.41, 5.74) is 5.26. The SMILES string of the molecule is CCC[C@@H](N)C(=O)C=O. The van der Waals surface area contributed by atoms with Gasteiger partial charge in [-0.1, -0.05) is 13.3 Å². The van der Waals surface area contributed by atoms with Gasteiger partial charge in [0.25, 0.3) is 0 Å². The molecule has 0 spiro atoms. The lowest BCUT2D eigenvalue weighted by Crippen LogP contribution is -2.30. The van der Waals surface area contributed by atoms with Gasteiger partial charge in [-0.15, -0.1) is 0 Å². The van der Waals surface area contributed by atoms with Crippen LogP contribution in [0.25, 0.3) is 0 Å². The molecule has 0 heterocycles. The van der Waals surface area contributed by atoms with Gasteiger partial charge >= 0.3 is 0 Å². The number of hydrogen-bond acceptors (Lipinski definition) is 3. The van der Waals surface area contributed by atoms with Gasteiger partial charge in [0, 0.05) is 0 Å². The van der Waals surface area contributed by atoms with Gasteiger partial charge < -0.3 is 5.73 Å². The molecule has 0 radical (unpaired) electrons. The Balaban J connectivity index is 3.58. The van der Waals surface area contributed by atoms with Crippen LogP contribution in [0.2, 0.25) is 0 Å². The third kappa shape index (κ3) is 2.98. The van der Waals surface area contributed by atoms with E-state index in [0.717, 1.165) is 6.42 Å². The molecular weight excluding hydrogens is 118 g/mol. The van der Waals surface area contributed by atoms with Gasteiger partial charge in [0.1, 0.15) is 0 Å². The minimum absolute atomic E-state index is 0.278. The van der Waals surface area contributed by atoms with Gasteiger partial charge in [-0.25, -0.2) is 0 Å². The fourth-order valence-corrected chi connectivity index (χ4v) is 0.541. The average molecular weight is 129 g/mol. The predicted molar refractivity (Wildman–Crippen MR) is 34.0 cm³/mol. The van der Waals surface area contributed by atoms with Crippen molar-refractivity contribution >= 4 is 12.1 Å². The second-order valence-electron chi connectivity index (χ2n) is 1.92. The maximum atomic E-state index is 10.4. The maximum absolute atomic E-state index is 10.4. The van der Waals surface area contributed by atoms with Crippen LogP contribution in [0.4, 0.5) is 0 Å². The van der Waals surface area contributed by atoms with Crippen molar-refractivity contribution in [1.29, 1.82) is 0 Å². The number of carbonyl (C=O) groups is 2. The minimum atomic E-state index is -0.576. The van der Waals surface area contributed by atoms with Crippen LogP contribution < -0.4 is 5.73 Å². The Labute approximate surface area is 54.2 Å². The highest BCUT2D eigenvalue weighted by Gasteiger charge is 2.09. The number of ketones is 1. The Kier molecular flexibility index (Phi) is 3.88. The third-order valence-corrected chi connectivity index (χ3v) is 1.08. The van der Waals surface area contributed by atoms with E-state index in [1.807, 2.05) is 6.92 Å². The molecule has 9 heavy (non-hydrogen) atoms. The monoisotopic (exact) mass is 129 g/mol. The standard InChI is InChI=1S/C6H11NO2/c1-2-3-5(7)6(9)4-8/h4-5H,2-3,7H2,1H3/t5-/m1/s1. The van der Waals surface area contributed by atoms with Crippen LogP contribution in [-0.4, -0.2) is 18.1 Å². The molecule has 2 N–H and O–H groups in total. The lowest BCUT2D eigenvalue weighted by Gasteiger charge is -2.01. The zero-order valence-electron chi connectivity index (χ0n) is 5.46. The molecule has 0 aromatic heterocycles. The van der Waals surface area contributed by atoms with Crippen molar-refractivity contribution in [2.75, 3.05) is 0 Å². The van der Waals surface area contributed by atoms with Crippen LogP contribution in [0.15, 0.2) is 0 Å². The number of hydrogen-bond donors (Lipinski definition) is 1. The highest BCUT2D eigenvalue weighted by Crippen LogP contribution is 1.91. The molecule has 0 saturated heterocycles. The Hall–Kier alpha value is -0.700. The number of Topliss-reactive ketones (excluding diaryl/α,β-unsaturated/α-hetero) is 1. The quantitative estimate of drug-likeness (QED) is 0.425. The molecule has 0 aromatic rings. The van der Waals surface area contributed by atoms with E-state index in [-0.39, 0.29) is 6.29 Å². The third-order valence-electron chi connectivity index (χ3n) is 1.08. The molecule has 1 atom stereocenters. The smallest absolute Gasteiger partial charge is 0.211 e. The first kappa shape index (κ1) is 8.30. The Bertz CT molecular complexity index is 112. The van der Waals surface area contributed by atoms with E-state index >= 15 is 0 Å². The van der Waals surface area contributed by atoms with E-state index in [4.69, 9.17) is 5.73 Å². The number of carbonyl (C=O) groups excluding carboxylic acids is 2. The second kappa shape index (κ2) is 4.21. The van der Waals surface area contributed by atoms with Gasteiger partial charge in [0.2, 0.25) is 5.78 Å². The topological polar surface area (TPSA) is 60.2 Å². The van der Waals surface area contributed by atoms with Crippen LogP contribution in [-0.2, 0) is 9.59 Å². The lowest BCUT2D eigenvalue weighted by molar-refractivity contribution is -0.130. The molecule has 0 bridgehead atoms. The summed E-state index contributed by atoms with van der Waals surface area (Å²) in [7, 11) is 0. The van der Waals surface area contributed by atoms with E-state index in [2.05, 4.69) is 0 Å². The molecule has 0 unspecified atom stereocenters. The largest absolute Gasteiger partial charge is 0.321 e. The maximum Gasteiger partial charge on any atom is 0.211 e. The number of rotatable bonds is 4. The van der Waals surface area contributed by atoms with Gasteiger partial charge in [-0.2, -0.15) is 0 Å². The van der Waals surface area contributed by atoms with Crippen molar-refractivity contribution in [2.24, 2.45) is 5.73 Å². The van der Waals surface area contributed by atoms with Crippen molar-refractivity contribution < 1.29 is 9.59 Å². The van der Waals surface area contributed by atoms with Crippen LogP contribution >= 0.6 is 0 Å². The molecule has 0 saturated carbocycles. The summed E-state index contributed by atoms with van der Waals surface area (Å²) >= 11 is 0. The first-order valence-electron chi connectivity index (χ1n) is 2.97. The summed E-state index contributed by atoms with van der Waals surface area (Å²) in [5, 5.41) is 0. The summed E-state index contributed by atoms with van der Waals surface area (Å²) in [6.45, 7) is 1.91. The van der Waals surface area contributed by atoms with E-state index in [0.29, 0.717) is 6.42 Å². The second-order valence-corrected chi connectivity index (χ2v) is 1.92. The first-order chi connectivity index (χ1) is 4.22. The first-order valence-corrected chi connectivity index (χ1v) is 2.97. The Morgan fingerprint density at radius 1 is 1.78 bits per heavy atom. The Morgan fingerprint density at radius 2 is 2.33 bits per heavy atom. The molecule has 52 valence electrons. The molecule has 0 fully saturated rings. The molecule has 0 aromatic carbocycles. The predicted octanol–water partition coefficient (Wildman–Crippen LogP) is -0.118. The zero-order valence-corrected chi connectivity index (χ0v) is 5.46. The number of nitrogens with two attached hydrogens (primary N) is 1. The normalized spacial score (nSPS) is 12.7. The average Bonchev–Trinajstić information content (AvgIpc) is 1.87. The molecule has 0 aliphatic rings. The lowest BCUT2D eigenvalue weighted by atomic mass is 10.1. The molecule has 0 amide bonds. The minimum Gasteiger partial charge on any atom is -0.321 e. The molecule has 0 rings (SSSR count). The summed E-state index contributed by atoms with van der Waals surface area (Å²) in [6, 6.07) is -0.576. The van der Waals surface area contributed by atoms with E-state index in [9.17, 15) is 9.59 Å². The van der Waals surface area contributed by atoms with Crippen molar-refractivity contribution in [2.45, 2.75) is 25.8 Å². The van der Waals surface area contributed by atoms with Crippen molar-refractivity contribution in [1.82, 2.24) is 0 Å². The van der Waals surface area contributed by atoms with Crippen LogP contribution in [0.3, 0.4) is 0 Å². The number of aldehydes is 1. The van der Waals surface area contributed by atoms with Crippen molar-refractivity contribution in [3.63, 3.8) is 0 Å². The molecular formula is C6H11NO2.